The fourth-order valence-electron chi connectivity index (χ4n) is 4.24. The quantitative estimate of drug-likeness (QED) is 0.523. The second-order valence-electron chi connectivity index (χ2n) is 8.40. The topological polar surface area (TPSA) is 134 Å². The summed E-state index contributed by atoms with van der Waals surface area (Å²) in [6.07, 6.45) is 2.78. The molecule has 2 saturated heterocycles. The summed E-state index contributed by atoms with van der Waals surface area (Å²) in [6.45, 7) is 7.51. The highest BCUT2D eigenvalue weighted by Gasteiger charge is 2.30. The van der Waals surface area contributed by atoms with E-state index in [1.807, 2.05) is 13.0 Å². The van der Waals surface area contributed by atoms with Crippen LogP contribution in [-0.4, -0.2) is 75.7 Å². The molecule has 0 aliphatic carbocycles. The van der Waals surface area contributed by atoms with E-state index < -0.39 is 0 Å². The number of nitrogens with two attached hydrogens (primary N) is 1. The highest BCUT2D eigenvalue weighted by Crippen LogP contribution is 2.29. The van der Waals surface area contributed by atoms with Crippen molar-refractivity contribution in [3.05, 3.63) is 23.3 Å². The highest BCUT2D eigenvalue weighted by atomic mass is 32.1. The maximum absolute atomic E-state index is 13.0. The van der Waals surface area contributed by atoms with Crippen molar-refractivity contribution in [2.75, 3.05) is 48.7 Å². The molecule has 3 aromatic heterocycles. The number of amides is 2. The summed E-state index contributed by atoms with van der Waals surface area (Å²) in [7, 11) is 0. The maximum atomic E-state index is 13.0. The number of nitrogen functional groups attached to an aromatic ring is 1. The molecule has 1 unspecified atom stereocenters. The van der Waals surface area contributed by atoms with Crippen molar-refractivity contribution >= 4 is 45.2 Å². The molecular weight excluding hydrogens is 442 g/mol. The summed E-state index contributed by atoms with van der Waals surface area (Å²) < 4.78 is 5.91. The van der Waals surface area contributed by atoms with Gasteiger partial charge in [0, 0.05) is 38.3 Å². The number of carbonyl (C=O) groups excluding carboxylic acids is 1. The Morgan fingerprint density at radius 1 is 1.33 bits per heavy atom. The van der Waals surface area contributed by atoms with E-state index in [1.165, 1.54) is 11.3 Å². The molecule has 0 spiro atoms. The smallest absolute Gasteiger partial charge is 0.322 e. The second-order valence-corrected chi connectivity index (χ2v) is 9.23. The van der Waals surface area contributed by atoms with Crippen molar-refractivity contribution < 1.29 is 9.53 Å². The number of hydrogen-bond acceptors (Lipinski definition) is 10. The zero-order valence-electron chi connectivity index (χ0n) is 18.6. The van der Waals surface area contributed by atoms with Crippen molar-refractivity contribution in [1.82, 2.24) is 30.2 Å². The lowest BCUT2D eigenvalue weighted by atomic mass is 10.2. The molecule has 0 saturated carbocycles. The van der Waals surface area contributed by atoms with E-state index in [0.717, 1.165) is 41.2 Å². The Morgan fingerprint density at radius 2 is 2.21 bits per heavy atom. The number of ether oxygens (including phenoxy) is 1. The number of nitrogens with one attached hydrogen (secondary N) is 2. The SMILES string of the molecule is Cc1cc(OC2CCNC2)ncc1NC(=O)N1CCN(c2nc(N)nc3scnc23)[C@@H](C)C1. The molecule has 3 aromatic rings. The van der Waals surface area contributed by atoms with Gasteiger partial charge in [-0.15, -0.1) is 11.3 Å². The van der Waals surface area contributed by atoms with Gasteiger partial charge in [-0.25, -0.2) is 19.7 Å². The summed E-state index contributed by atoms with van der Waals surface area (Å²) in [5, 5.41) is 6.27. The Labute approximate surface area is 195 Å². The van der Waals surface area contributed by atoms with Crippen LogP contribution in [0.2, 0.25) is 0 Å². The highest BCUT2D eigenvalue weighted by molar-refractivity contribution is 7.16. The Balaban J connectivity index is 1.23. The third-order valence-corrected chi connectivity index (χ3v) is 6.73. The monoisotopic (exact) mass is 469 g/mol. The zero-order valence-corrected chi connectivity index (χ0v) is 19.4. The van der Waals surface area contributed by atoms with Crippen LogP contribution >= 0.6 is 11.3 Å². The lowest BCUT2D eigenvalue weighted by Crippen LogP contribution is -2.55. The Kier molecular flexibility index (Phi) is 5.85. The van der Waals surface area contributed by atoms with Gasteiger partial charge in [-0.05, 0) is 32.4 Å². The molecule has 2 aliphatic heterocycles. The van der Waals surface area contributed by atoms with Gasteiger partial charge in [0.2, 0.25) is 11.8 Å². The van der Waals surface area contributed by atoms with E-state index >= 15 is 0 Å². The van der Waals surface area contributed by atoms with E-state index in [1.54, 1.807) is 16.6 Å². The molecule has 0 bridgehead atoms. The van der Waals surface area contributed by atoms with E-state index in [9.17, 15) is 4.79 Å². The van der Waals surface area contributed by atoms with Crippen molar-refractivity contribution in [1.29, 1.82) is 0 Å². The van der Waals surface area contributed by atoms with Gasteiger partial charge in [-0.2, -0.15) is 4.98 Å². The molecule has 5 heterocycles. The number of anilines is 3. The van der Waals surface area contributed by atoms with Gasteiger partial charge in [0.15, 0.2) is 10.6 Å². The number of rotatable bonds is 4. The first-order chi connectivity index (χ1) is 16.0. The third-order valence-electron chi connectivity index (χ3n) is 6.01. The molecule has 12 heteroatoms. The minimum Gasteiger partial charge on any atom is -0.473 e. The van der Waals surface area contributed by atoms with Crippen LogP contribution in [0.15, 0.2) is 17.8 Å². The lowest BCUT2D eigenvalue weighted by Gasteiger charge is -2.40. The minimum atomic E-state index is -0.152. The van der Waals surface area contributed by atoms with Gasteiger partial charge in [0.1, 0.15) is 11.6 Å². The fourth-order valence-corrected chi connectivity index (χ4v) is 4.90. The van der Waals surface area contributed by atoms with Crippen LogP contribution in [0.25, 0.3) is 10.3 Å². The number of pyridine rings is 1. The zero-order chi connectivity index (χ0) is 22.9. The predicted octanol–water partition coefficient (Wildman–Crippen LogP) is 1.86. The number of urea groups is 1. The molecule has 2 aliphatic rings. The summed E-state index contributed by atoms with van der Waals surface area (Å²) in [5.74, 6) is 1.53. The third kappa shape index (κ3) is 4.48. The predicted molar refractivity (Wildman–Crippen MR) is 128 cm³/mol. The minimum absolute atomic E-state index is 0.0405. The van der Waals surface area contributed by atoms with Crippen LogP contribution in [0.4, 0.5) is 22.2 Å². The number of nitrogens with zero attached hydrogens (tertiary/aromatic N) is 6. The number of thiazole rings is 1. The molecule has 33 heavy (non-hydrogen) atoms. The van der Waals surface area contributed by atoms with Crippen molar-refractivity contribution in [2.24, 2.45) is 0 Å². The van der Waals surface area contributed by atoms with Crippen LogP contribution in [0.3, 0.4) is 0 Å². The normalized spacial score (nSPS) is 20.9. The largest absolute Gasteiger partial charge is 0.473 e. The molecule has 2 fully saturated rings. The molecule has 4 N–H and O–H groups in total. The molecule has 5 rings (SSSR count). The lowest BCUT2D eigenvalue weighted by molar-refractivity contribution is 0.200. The number of fused-ring (bicyclic) bond motifs is 1. The molecule has 11 nitrogen and oxygen atoms in total. The molecule has 0 aromatic carbocycles. The van der Waals surface area contributed by atoms with Gasteiger partial charge >= 0.3 is 6.03 Å². The average molecular weight is 470 g/mol. The summed E-state index contributed by atoms with van der Waals surface area (Å²) in [4.78, 5) is 35.2. The number of aryl methyl sites for hydroxylation is 1. The maximum Gasteiger partial charge on any atom is 0.322 e. The van der Waals surface area contributed by atoms with Gasteiger partial charge in [0.05, 0.1) is 17.4 Å². The summed E-state index contributed by atoms with van der Waals surface area (Å²) in [6, 6.07) is 1.76. The second kappa shape index (κ2) is 8.94. The van der Waals surface area contributed by atoms with E-state index in [4.69, 9.17) is 10.5 Å². The number of aromatic nitrogens is 4. The Hall–Kier alpha value is -3.25. The number of piperazine rings is 1. The van der Waals surface area contributed by atoms with Crippen LogP contribution in [0.5, 0.6) is 5.88 Å². The first-order valence-corrected chi connectivity index (χ1v) is 11.9. The first-order valence-electron chi connectivity index (χ1n) is 11.0. The van der Waals surface area contributed by atoms with Gasteiger partial charge in [0.25, 0.3) is 0 Å². The van der Waals surface area contributed by atoms with Crippen LogP contribution in [-0.2, 0) is 0 Å². The average Bonchev–Trinajstić information content (AvgIpc) is 3.47. The fraction of sp³-hybridized carbons (Fsp3) is 0.476. The van der Waals surface area contributed by atoms with Crippen LogP contribution < -0.4 is 26.0 Å². The number of carbonyl (C=O) groups is 1. The Morgan fingerprint density at radius 3 is 2.97 bits per heavy atom. The standard InChI is InChI=1S/C21H27N9O2S/c1-12-7-16(32-14-3-4-23-8-14)24-9-15(12)26-21(31)29-5-6-30(13(2)10-29)18-17-19(33-11-25-17)28-20(22)27-18/h7,9,11,13-14,23H,3-6,8,10H2,1-2H3,(H,26,31)(H2,22,27,28)/t13-,14?/m0/s1. The number of hydrogen-bond donors (Lipinski definition) is 3. The summed E-state index contributed by atoms with van der Waals surface area (Å²) >= 11 is 1.44. The van der Waals surface area contributed by atoms with Crippen LogP contribution in [0, 0.1) is 6.92 Å². The van der Waals surface area contributed by atoms with Gasteiger partial charge in [-0.3, -0.25) is 0 Å². The summed E-state index contributed by atoms with van der Waals surface area (Å²) in [5.41, 5.74) is 9.99. The molecule has 2 atom stereocenters. The van der Waals surface area contributed by atoms with E-state index in [0.29, 0.717) is 31.2 Å². The molecule has 2 amide bonds. The van der Waals surface area contributed by atoms with Crippen molar-refractivity contribution in [2.45, 2.75) is 32.4 Å². The Bertz CT molecular complexity index is 1160. The van der Waals surface area contributed by atoms with Gasteiger partial charge < -0.3 is 30.9 Å². The molecule has 0 radical (unpaired) electrons. The van der Waals surface area contributed by atoms with Crippen LogP contribution in [0.1, 0.15) is 18.9 Å². The van der Waals surface area contributed by atoms with E-state index in [2.05, 4.69) is 42.4 Å². The first kappa shape index (κ1) is 21.6. The van der Waals surface area contributed by atoms with Crippen molar-refractivity contribution in [3.8, 4) is 5.88 Å². The van der Waals surface area contributed by atoms with Gasteiger partial charge in [-0.1, -0.05) is 0 Å². The van der Waals surface area contributed by atoms with E-state index in [-0.39, 0.29) is 24.1 Å². The van der Waals surface area contributed by atoms with Crippen molar-refractivity contribution in [3.63, 3.8) is 0 Å². The molecular formula is C21H27N9O2S. The molecule has 174 valence electrons.